The van der Waals surface area contributed by atoms with Crippen LogP contribution in [0.1, 0.15) is 11.1 Å². The van der Waals surface area contributed by atoms with E-state index < -0.39 is 24.6 Å². The molecule has 0 amide bonds. The molecule has 19 heavy (non-hydrogen) atoms. The number of aromatic nitrogens is 1. The highest BCUT2D eigenvalue weighted by Crippen LogP contribution is 2.29. The van der Waals surface area contributed by atoms with E-state index in [1.54, 1.807) is 0 Å². The minimum atomic E-state index is -4.89. The van der Waals surface area contributed by atoms with E-state index >= 15 is 0 Å². The van der Waals surface area contributed by atoms with Crippen LogP contribution >= 0.6 is 22.6 Å². The van der Waals surface area contributed by atoms with Gasteiger partial charge in [0.1, 0.15) is 0 Å². The summed E-state index contributed by atoms with van der Waals surface area (Å²) in [7, 11) is 1.13. The van der Waals surface area contributed by atoms with Crippen molar-refractivity contribution in [2.75, 3.05) is 7.11 Å². The van der Waals surface area contributed by atoms with Crippen LogP contribution in [-0.2, 0) is 22.5 Å². The van der Waals surface area contributed by atoms with Crippen molar-refractivity contribution in [2.45, 2.75) is 19.3 Å². The van der Waals surface area contributed by atoms with E-state index in [1.165, 1.54) is 6.20 Å². The van der Waals surface area contributed by atoms with Crippen LogP contribution in [0.3, 0.4) is 0 Å². The number of ether oxygens (including phenoxy) is 2. The zero-order valence-corrected chi connectivity index (χ0v) is 11.9. The predicted molar refractivity (Wildman–Crippen MR) is 67.2 cm³/mol. The fraction of sp³-hybridized carbons (Fsp3) is 0.400. The van der Waals surface area contributed by atoms with Gasteiger partial charge < -0.3 is 15.2 Å². The van der Waals surface area contributed by atoms with Crippen molar-refractivity contribution in [1.82, 2.24) is 4.98 Å². The summed E-state index contributed by atoms with van der Waals surface area (Å²) in [5, 5.41) is 0. The van der Waals surface area contributed by atoms with Gasteiger partial charge in [0.15, 0.2) is 0 Å². The standard InChI is InChI=1S/C10H10F3IN2O3/c1-18-8(17)2-5-6(3-15)7(14)4-16-9(5)19-10(11,12)13/h4H,2-3,15H2,1H3. The molecule has 2 N–H and O–H groups in total. The van der Waals surface area contributed by atoms with Gasteiger partial charge in [-0.15, -0.1) is 13.2 Å². The Morgan fingerprint density at radius 1 is 1.47 bits per heavy atom. The Morgan fingerprint density at radius 2 is 2.11 bits per heavy atom. The van der Waals surface area contributed by atoms with Crippen molar-refractivity contribution < 1.29 is 27.4 Å². The van der Waals surface area contributed by atoms with Crippen LogP contribution < -0.4 is 10.5 Å². The number of esters is 1. The van der Waals surface area contributed by atoms with Crippen molar-refractivity contribution in [2.24, 2.45) is 5.73 Å². The van der Waals surface area contributed by atoms with Crippen molar-refractivity contribution >= 4 is 28.6 Å². The van der Waals surface area contributed by atoms with E-state index in [0.29, 0.717) is 9.13 Å². The third-order valence-electron chi connectivity index (χ3n) is 2.17. The normalized spacial score (nSPS) is 11.3. The summed E-state index contributed by atoms with van der Waals surface area (Å²) < 4.78 is 45.6. The minimum Gasteiger partial charge on any atom is -0.469 e. The molecule has 106 valence electrons. The summed E-state index contributed by atoms with van der Waals surface area (Å²) >= 11 is 1.87. The van der Waals surface area contributed by atoms with E-state index in [0.717, 1.165) is 7.11 Å². The van der Waals surface area contributed by atoms with Gasteiger partial charge in [-0.25, -0.2) is 4.98 Å². The molecule has 0 aliphatic rings. The summed E-state index contributed by atoms with van der Waals surface area (Å²) in [4.78, 5) is 14.8. The van der Waals surface area contributed by atoms with Crippen LogP contribution in [0.15, 0.2) is 6.20 Å². The Hall–Kier alpha value is -1.10. The van der Waals surface area contributed by atoms with Crippen LogP contribution in [0.5, 0.6) is 5.88 Å². The monoisotopic (exact) mass is 390 g/mol. The number of hydrogen-bond acceptors (Lipinski definition) is 5. The molecule has 1 heterocycles. The van der Waals surface area contributed by atoms with Gasteiger partial charge in [0.25, 0.3) is 0 Å². The maximum atomic E-state index is 12.3. The summed E-state index contributed by atoms with van der Waals surface area (Å²) in [6, 6.07) is 0. The van der Waals surface area contributed by atoms with E-state index in [-0.39, 0.29) is 12.1 Å². The first-order chi connectivity index (χ1) is 8.78. The van der Waals surface area contributed by atoms with E-state index in [9.17, 15) is 18.0 Å². The number of methoxy groups -OCH3 is 1. The van der Waals surface area contributed by atoms with Crippen molar-refractivity contribution in [1.29, 1.82) is 0 Å². The number of carbonyl (C=O) groups is 1. The molecular weight excluding hydrogens is 380 g/mol. The molecule has 5 nitrogen and oxygen atoms in total. The van der Waals surface area contributed by atoms with Gasteiger partial charge in [-0.1, -0.05) is 0 Å². The van der Waals surface area contributed by atoms with Crippen molar-refractivity contribution in [3.05, 3.63) is 20.9 Å². The lowest BCUT2D eigenvalue weighted by Crippen LogP contribution is -2.21. The van der Waals surface area contributed by atoms with Crippen LogP contribution in [0, 0.1) is 3.57 Å². The Bertz CT molecular complexity index is 480. The zero-order chi connectivity index (χ0) is 14.6. The number of carbonyl (C=O) groups excluding carboxylic acids is 1. The van der Waals surface area contributed by atoms with Crippen molar-refractivity contribution in [3.63, 3.8) is 0 Å². The number of hydrogen-bond donors (Lipinski definition) is 1. The van der Waals surface area contributed by atoms with Crippen LogP contribution in [0.4, 0.5) is 13.2 Å². The lowest BCUT2D eigenvalue weighted by Gasteiger charge is -2.15. The second kappa shape index (κ2) is 6.37. The molecule has 0 fully saturated rings. The Morgan fingerprint density at radius 3 is 2.58 bits per heavy atom. The molecule has 0 atom stereocenters. The molecular formula is C10H10F3IN2O3. The predicted octanol–water partition coefficient (Wildman–Crippen LogP) is 1.76. The van der Waals surface area contributed by atoms with Crippen molar-refractivity contribution in [3.8, 4) is 5.88 Å². The molecule has 0 saturated heterocycles. The SMILES string of the molecule is COC(=O)Cc1c(OC(F)(F)F)ncc(I)c1CN. The summed E-state index contributed by atoms with van der Waals surface area (Å²) in [6.07, 6.45) is -4.08. The lowest BCUT2D eigenvalue weighted by molar-refractivity contribution is -0.276. The molecule has 0 saturated carbocycles. The molecule has 0 radical (unpaired) electrons. The van der Waals surface area contributed by atoms with Gasteiger partial charge in [-0.05, 0) is 28.2 Å². The average molecular weight is 390 g/mol. The maximum absolute atomic E-state index is 12.3. The second-order valence-electron chi connectivity index (χ2n) is 3.37. The molecule has 0 spiro atoms. The first-order valence-electron chi connectivity index (χ1n) is 4.97. The van der Waals surface area contributed by atoms with Gasteiger partial charge in [-0.2, -0.15) is 0 Å². The Kier molecular flexibility index (Phi) is 5.35. The summed E-state index contributed by atoms with van der Waals surface area (Å²) in [5.41, 5.74) is 5.84. The summed E-state index contributed by atoms with van der Waals surface area (Å²) in [6.45, 7) is -0.0403. The highest BCUT2D eigenvalue weighted by atomic mass is 127. The molecule has 0 unspecified atom stereocenters. The minimum absolute atomic E-state index is 0.0152. The highest BCUT2D eigenvalue weighted by molar-refractivity contribution is 14.1. The molecule has 1 aromatic rings. The average Bonchev–Trinajstić information content (AvgIpc) is 2.31. The number of nitrogens with zero attached hydrogens (tertiary/aromatic N) is 1. The number of alkyl halides is 3. The van der Waals surface area contributed by atoms with Crippen LogP contribution in [-0.4, -0.2) is 24.4 Å². The van der Waals surface area contributed by atoms with Gasteiger partial charge in [0.2, 0.25) is 5.88 Å². The number of halogens is 4. The molecule has 0 aromatic carbocycles. The number of pyridine rings is 1. The highest BCUT2D eigenvalue weighted by Gasteiger charge is 2.34. The van der Waals surface area contributed by atoms with E-state index in [2.05, 4.69) is 14.5 Å². The third kappa shape index (κ3) is 4.49. The molecule has 0 bridgehead atoms. The molecule has 0 aliphatic carbocycles. The second-order valence-corrected chi connectivity index (χ2v) is 4.54. The van der Waals surface area contributed by atoms with Gasteiger partial charge in [-0.3, -0.25) is 4.79 Å². The lowest BCUT2D eigenvalue weighted by atomic mass is 10.1. The number of rotatable bonds is 4. The quantitative estimate of drug-likeness (QED) is 0.627. The molecule has 9 heteroatoms. The van der Waals surface area contributed by atoms with Gasteiger partial charge >= 0.3 is 12.3 Å². The topological polar surface area (TPSA) is 74.4 Å². The smallest absolute Gasteiger partial charge is 0.469 e. The van der Waals surface area contributed by atoms with Crippen LogP contribution in [0.2, 0.25) is 0 Å². The Labute approximate surface area is 120 Å². The third-order valence-corrected chi connectivity index (χ3v) is 3.10. The molecule has 0 aliphatic heterocycles. The fourth-order valence-corrected chi connectivity index (χ4v) is 2.05. The first-order valence-corrected chi connectivity index (χ1v) is 6.05. The van der Waals surface area contributed by atoms with E-state index in [4.69, 9.17) is 5.73 Å². The zero-order valence-electron chi connectivity index (χ0n) is 9.75. The molecule has 1 rings (SSSR count). The fourth-order valence-electron chi connectivity index (χ4n) is 1.36. The Balaban J connectivity index is 3.25. The number of nitrogens with two attached hydrogens (primary N) is 1. The largest absolute Gasteiger partial charge is 0.574 e. The van der Waals surface area contributed by atoms with Gasteiger partial charge in [0.05, 0.1) is 13.5 Å². The first kappa shape index (κ1) is 16.0. The summed E-state index contributed by atoms with van der Waals surface area (Å²) in [5.74, 6) is -1.38. The van der Waals surface area contributed by atoms with Crippen LogP contribution in [0.25, 0.3) is 0 Å². The maximum Gasteiger partial charge on any atom is 0.574 e. The molecule has 1 aromatic heterocycles. The van der Waals surface area contributed by atoms with Gasteiger partial charge in [0, 0.05) is 21.9 Å². The van der Waals surface area contributed by atoms with E-state index in [1.807, 2.05) is 22.6 Å².